The van der Waals surface area contributed by atoms with Gasteiger partial charge in [-0.05, 0) is 46.4 Å². The van der Waals surface area contributed by atoms with Gasteiger partial charge < -0.3 is 10.6 Å². The zero-order chi connectivity index (χ0) is 15.8. The molecule has 0 aromatic heterocycles. The third-order valence-corrected chi connectivity index (χ3v) is 3.66. The molecule has 5 heteroatoms. The van der Waals surface area contributed by atoms with E-state index in [9.17, 15) is 9.59 Å². The Morgan fingerprint density at radius 1 is 0.955 bits per heavy atom. The summed E-state index contributed by atoms with van der Waals surface area (Å²) in [5, 5.41) is 5.57. The first-order valence-electron chi connectivity index (χ1n) is 6.99. The van der Waals surface area contributed by atoms with Crippen LogP contribution >= 0.6 is 22.6 Å². The van der Waals surface area contributed by atoms with E-state index < -0.39 is 0 Å². The maximum atomic E-state index is 11.8. The third-order valence-electron chi connectivity index (χ3n) is 2.99. The summed E-state index contributed by atoms with van der Waals surface area (Å²) in [5.74, 6) is -0.185. The third kappa shape index (κ3) is 5.85. The minimum atomic E-state index is -0.109. The summed E-state index contributed by atoms with van der Waals surface area (Å²) in [6.45, 7) is 0.335. The molecule has 0 fully saturated rings. The Bertz CT molecular complexity index is 644. The second-order valence-corrected chi connectivity index (χ2v) is 6.07. The Hall–Kier alpha value is -1.89. The van der Waals surface area contributed by atoms with Gasteiger partial charge in [-0.15, -0.1) is 0 Å². The first-order valence-corrected chi connectivity index (χ1v) is 8.07. The number of amides is 2. The maximum absolute atomic E-state index is 11.8. The summed E-state index contributed by atoms with van der Waals surface area (Å²) in [7, 11) is 0. The SMILES string of the molecule is O=C(Cc1ccccc1)NCCC(=O)Nc1cccc(I)c1. The van der Waals surface area contributed by atoms with Crippen molar-refractivity contribution >= 4 is 40.1 Å². The molecule has 0 spiro atoms. The van der Waals surface area contributed by atoms with Gasteiger partial charge in [0, 0.05) is 22.2 Å². The Kier molecular flexibility index (Phi) is 6.39. The molecule has 0 unspecified atom stereocenters. The molecule has 2 aromatic rings. The van der Waals surface area contributed by atoms with Crippen LogP contribution in [-0.2, 0) is 16.0 Å². The Morgan fingerprint density at radius 3 is 2.45 bits per heavy atom. The minimum absolute atomic E-state index is 0.0757. The highest BCUT2D eigenvalue weighted by Crippen LogP contribution is 2.12. The van der Waals surface area contributed by atoms with Gasteiger partial charge in [0.1, 0.15) is 0 Å². The van der Waals surface area contributed by atoms with Crippen molar-refractivity contribution in [3.05, 3.63) is 63.7 Å². The van der Waals surface area contributed by atoms with Crippen molar-refractivity contribution in [3.63, 3.8) is 0 Å². The quantitative estimate of drug-likeness (QED) is 0.723. The van der Waals surface area contributed by atoms with E-state index >= 15 is 0 Å². The van der Waals surface area contributed by atoms with Crippen LogP contribution in [0, 0.1) is 3.57 Å². The number of hydrogen-bond acceptors (Lipinski definition) is 2. The van der Waals surface area contributed by atoms with Gasteiger partial charge in [0.2, 0.25) is 11.8 Å². The molecule has 0 heterocycles. The van der Waals surface area contributed by atoms with Crippen molar-refractivity contribution in [3.8, 4) is 0 Å². The number of halogens is 1. The number of carbonyl (C=O) groups is 2. The van der Waals surface area contributed by atoms with E-state index in [-0.39, 0.29) is 18.2 Å². The lowest BCUT2D eigenvalue weighted by molar-refractivity contribution is -0.120. The van der Waals surface area contributed by atoms with E-state index in [1.54, 1.807) is 0 Å². The number of nitrogens with one attached hydrogen (secondary N) is 2. The van der Waals surface area contributed by atoms with E-state index in [2.05, 4.69) is 33.2 Å². The molecule has 0 bridgehead atoms. The fourth-order valence-corrected chi connectivity index (χ4v) is 2.49. The van der Waals surface area contributed by atoms with Crippen molar-refractivity contribution in [1.29, 1.82) is 0 Å². The molecule has 0 saturated heterocycles. The summed E-state index contributed by atoms with van der Waals surface area (Å²) in [6.07, 6.45) is 0.589. The Balaban J connectivity index is 1.69. The van der Waals surface area contributed by atoms with Crippen molar-refractivity contribution in [2.24, 2.45) is 0 Å². The normalized spacial score (nSPS) is 10.0. The van der Waals surface area contributed by atoms with Gasteiger partial charge in [-0.2, -0.15) is 0 Å². The molecule has 22 heavy (non-hydrogen) atoms. The predicted octanol–water partition coefficient (Wildman–Crippen LogP) is 2.98. The molecule has 0 radical (unpaired) electrons. The molecule has 0 aliphatic heterocycles. The van der Waals surface area contributed by atoms with Gasteiger partial charge in [-0.3, -0.25) is 9.59 Å². The van der Waals surface area contributed by atoms with Crippen molar-refractivity contribution < 1.29 is 9.59 Å². The molecule has 0 aliphatic rings. The molecule has 2 amide bonds. The smallest absolute Gasteiger partial charge is 0.226 e. The van der Waals surface area contributed by atoms with E-state index in [1.807, 2.05) is 54.6 Å². The Morgan fingerprint density at radius 2 is 1.73 bits per heavy atom. The predicted molar refractivity (Wildman–Crippen MR) is 95.6 cm³/mol. The van der Waals surface area contributed by atoms with Gasteiger partial charge in [0.15, 0.2) is 0 Å². The van der Waals surface area contributed by atoms with Crippen molar-refractivity contribution in [2.45, 2.75) is 12.8 Å². The summed E-state index contributed by atoms with van der Waals surface area (Å²) in [4.78, 5) is 23.6. The van der Waals surface area contributed by atoms with Crippen LogP contribution in [0.3, 0.4) is 0 Å². The Labute approximate surface area is 143 Å². The van der Waals surface area contributed by atoms with Gasteiger partial charge >= 0.3 is 0 Å². The largest absolute Gasteiger partial charge is 0.355 e. The van der Waals surface area contributed by atoms with Crippen molar-refractivity contribution in [2.75, 3.05) is 11.9 Å². The molecule has 114 valence electrons. The summed E-state index contributed by atoms with van der Waals surface area (Å²) >= 11 is 2.19. The lowest BCUT2D eigenvalue weighted by Gasteiger charge is -2.07. The summed E-state index contributed by atoms with van der Waals surface area (Å²) in [5.41, 5.74) is 1.73. The molecule has 0 atom stereocenters. The van der Waals surface area contributed by atoms with E-state index in [0.717, 1.165) is 14.8 Å². The van der Waals surface area contributed by atoms with Gasteiger partial charge in [-0.1, -0.05) is 36.4 Å². The molecule has 2 aromatic carbocycles. The summed E-state index contributed by atoms with van der Waals surface area (Å²) in [6, 6.07) is 17.1. The summed E-state index contributed by atoms with van der Waals surface area (Å²) < 4.78 is 1.06. The lowest BCUT2D eigenvalue weighted by Crippen LogP contribution is -2.28. The van der Waals surface area contributed by atoms with Crippen LogP contribution in [0.5, 0.6) is 0 Å². The van der Waals surface area contributed by atoms with Crippen LogP contribution in [0.15, 0.2) is 54.6 Å². The van der Waals surface area contributed by atoms with Gasteiger partial charge in [-0.25, -0.2) is 0 Å². The standard InChI is InChI=1S/C17H17IN2O2/c18-14-7-4-8-15(12-14)20-16(21)9-10-19-17(22)11-13-5-2-1-3-6-13/h1-8,12H,9-11H2,(H,19,22)(H,20,21). The molecule has 4 nitrogen and oxygen atoms in total. The minimum Gasteiger partial charge on any atom is -0.355 e. The molecular formula is C17H17IN2O2. The number of carbonyl (C=O) groups excluding carboxylic acids is 2. The van der Waals surface area contributed by atoms with E-state index in [0.29, 0.717) is 13.0 Å². The lowest BCUT2D eigenvalue weighted by atomic mass is 10.1. The highest BCUT2D eigenvalue weighted by atomic mass is 127. The van der Waals surface area contributed by atoms with E-state index in [4.69, 9.17) is 0 Å². The van der Waals surface area contributed by atoms with Crippen LogP contribution in [-0.4, -0.2) is 18.4 Å². The fraction of sp³-hybridized carbons (Fsp3) is 0.176. The van der Waals surface area contributed by atoms with Crippen LogP contribution in [0.2, 0.25) is 0 Å². The average Bonchev–Trinajstić information content (AvgIpc) is 2.48. The van der Waals surface area contributed by atoms with Crippen LogP contribution in [0.1, 0.15) is 12.0 Å². The first kappa shape index (κ1) is 16.5. The highest BCUT2D eigenvalue weighted by Gasteiger charge is 2.05. The monoisotopic (exact) mass is 408 g/mol. The van der Waals surface area contributed by atoms with Crippen molar-refractivity contribution in [1.82, 2.24) is 5.32 Å². The zero-order valence-corrected chi connectivity index (χ0v) is 14.2. The average molecular weight is 408 g/mol. The number of anilines is 1. The molecular weight excluding hydrogens is 391 g/mol. The second-order valence-electron chi connectivity index (χ2n) is 4.82. The molecule has 2 rings (SSSR count). The molecule has 0 saturated carbocycles. The van der Waals surface area contributed by atoms with Crippen LogP contribution < -0.4 is 10.6 Å². The molecule has 0 aliphatic carbocycles. The number of hydrogen-bond donors (Lipinski definition) is 2. The number of benzene rings is 2. The topological polar surface area (TPSA) is 58.2 Å². The second kappa shape index (κ2) is 8.53. The fourth-order valence-electron chi connectivity index (χ4n) is 1.95. The number of rotatable bonds is 6. The maximum Gasteiger partial charge on any atom is 0.226 e. The zero-order valence-electron chi connectivity index (χ0n) is 12.0. The first-order chi connectivity index (χ1) is 10.6. The highest BCUT2D eigenvalue weighted by molar-refractivity contribution is 14.1. The van der Waals surface area contributed by atoms with E-state index in [1.165, 1.54) is 0 Å². The van der Waals surface area contributed by atoms with Gasteiger partial charge in [0.25, 0.3) is 0 Å². The van der Waals surface area contributed by atoms with Gasteiger partial charge in [0.05, 0.1) is 6.42 Å². The van der Waals surface area contributed by atoms with Crippen LogP contribution in [0.25, 0.3) is 0 Å². The molecule has 2 N–H and O–H groups in total. The van der Waals surface area contributed by atoms with Crippen LogP contribution in [0.4, 0.5) is 5.69 Å².